The third-order valence-corrected chi connectivity index (χ3v) is 3.48. The molecule has 0 spiro atoms. The summed E-state index contributed by atoms with van der Waals surface area (Å²) in [5.41, 5.74) is 0. The Hall–Kier alpha value is -0.220. The molecule has 4 heteroatoms. The van der Waals surface area contributed by atoms with Crippen molar-refractivity contribution in [3.63, 3.8) is 0 Å². The quantitative estimate of drug-likeness (QED) is 0.643. The number of rotatable bonds is 7. The summed E-state index contributed by atoms with van der Waals surface area (Å²) in [5, 5.41) is 18.4. The van der Waals surface area contributed by atoms with Crippen LogP contribution in [0.3, 0.4) is 0 Å². The van der Waals surface area contributed by atoms with E-state index in [2.05, 4.69) is 6.92 Å². The Labute approximate surface area is 89.9 Å². The van der Waals surface area contributed by atoms with Crippen molar-refractivity contribution in [1.82, 2.24) is 0 Å². The number of aliphatic hydroxyl groups excluding tert-OH is 1. The molecule has 0 aromatic rings. The molecule has 0 radical (unpaired) electrons. The van der Waals surface area contributed by atoms with Gasteiger partial charge in [0.1, 0.15) is 0 Å². The van der Waals surface area contributed by atoms with Gasteiger partial charge in [-0.2, -0.15) is 11.8 Å². The Kier molecular flexibility index (Phi) is 7.01. The van der Waals surface area contributed by atoms with Gasteiger partial charge in [0.05, 0.1) is 12.0 Å². The predicted octanol–water partition coefficient (Wildman–Crippen LogP) is 1.85. The zero-order valence-electron chi connectivity index (χ0n) is 9.06. The van der Waals surface area contributed by atoms with Gasteiger partial charge in [-0.1, -0.05) is 20.8 Å². The highest BCUT2D eigenvalue weighted by Crippen LogP contribution is 2.19. The number of carbonyl (C=O) groups is 1. The molecular formula is C10H20O3S. The highest BCUT2D eigenvalue weighted by atomic mass is 32.2. The fraction of sp³-hybridized carbons (Fsp3) is 0.900. The molecule has 3 unspecified atom stereocenters. The largest absolute Gasteiger partial charge is 0.481 e. The third kappa shape index (κ3) is 4.86. The van der Waals surface area contributed by atoms with Crippen LogP contribution in [0, 0.1) is 11.8 Å². The van der Waals surface area contributed by atoms with Crippen LogP contribution in [-0.2, 0) is 4.79 Å². The minimum atomic E-state index is -0.834. The monoisotopic (exact) mass is 220 g/mol. The van der Waals surface area contributed by atoms with Crippen LogP contribution in [0.1, 0.15) is 27.2 Å². The number of carboxylic acid groups (broad SMARTS) is 1. The molecule has 2 N–H and O–H groups in total. The number of hydrogen-bond acceptors (Lipinski definition) is 3. The van der Waals surface area contributed by atoms with Gasteiger partial charge >= 0.3 is 5.97 Å². The molecule has 0 aliphatic heterocycles. The lowest BCUT2D eigenvalue weighted by molar-refractivity contribution is -0.144. The van der Waals surface area contributed by atoms with Crippen molar-refractivity contribution in [3.05, 3.63) is 0 Å². The van der Waals surface area contributed by atoms with Crippen molar-refractivity contribution in [2.24, 2.45) is 11.8 Å². The van der Waals surface area contributed by atoms with Gasteiger partial charge in [-0.25, -0.2) is 0 Å². The molecular weight excluding hydrogens is 200 g/mol. The number of aliphatic hydroxyl groups is 1. The summed E-state index contributed by atoms with van der Waals surface area (Å²) in [6.07, 6.45) is 0.178. The molecule has 0 saturated carbocycles. The van der Waals surface area contributed by atoms with E-state index in [1.54, 1.807) is 25.6 Å². The fourth-order valence-electron chi connectivity index (χ4n) is 1.17. The van der Waals surface area contributed by atoms with E-state index < -0.39 is 18.0 Å². The number of aliphatic carboxylic acids is 1. The van der Waals surface area contributed by atoms with Crippen LogP contribution in [-0.4, -0.2) is 33.8 Å². The zero-order chi connectivity index (χ0) is 11.1. The first-order chi connectivity index (χ1) is 6.50. The van der Waals surface area contributed by atoms with Crippen LogP contribution in [0.5, 0.6) is 0 Å². The molecule has 84 valence electrons. The first kappa shape index (κ1) is 13.8. The maximum atomic E-state index is 10.7. The van der Waals surface area contributed by atoms with Gasteiger partial charge in [-0.05, 0) is 23.8 Å². The molecule has 0 aliphatic carbocycles. The summed E-state index contributed by atoms with van der Waals surface area (Å²) in [6.45, 7) is 5.50. The summed E-state index contributed by atoms with van der Waals surface area (Å²) in [4.78, 5) is 10.7. The number of thioether (sulfide) groups is 1. The van der Waals surface area contributed by atoms with Crippen molar-refractivity contribution in [1.29, 1.82) is 0 Å². The van der Waals surface area contributed by atoms with Gasteiger partial charge in [0.25, 0.3) is 0 Å². The Morgan fingerprint density at radius 1 is 1.43 bits per heavy atom. The maximum Gasteiger partial charge on any atom is 0.306 e. The molecule has 14 heavy (non-hydrogen) atoms. The topological polar surface area (TPSA) is 57.5 Å². The Balaban J connectivity index is 3.85. The first-order valence-electron chi connectivity index (χ1n) is 4.99. The SMILES string of the molecule is CCSCCC(O)C(C)C(C)C(=O)O. The molecule has 0 amide bonds. The lowest BCUT2D eigenvalue weighted by Gasteiger charge is -2.21. The van der Waals surface area contributed by atoms with E-state index >= 15 is 0 Å². The molecule has 0 saturated heterocycles. The highest BCUT2D eigenvalue weighted by molar-refractivity contribution is 7.99. The van der Waals surface area contributed by atoms with Gasteiger partial charge in [0.2, 0.25) is 0 Å². The second-order valence-corrected chi connectivity index (χ2v) is 4.93. The molecule has 0 fully saturated rings. The number of carboxylic acids is 1. The van der Waals surface area contributed by atoms with E-state index in [1.165, 1.54) is 0 Å². The zero-order valence-corrected chi connectivity index (χ0v) is 9.88. The van der Waals surface area contributed by atoms with E-state index in [0.717, 1.165) is 11.5 Å². The Bertz CT molecular complexity index is 173. The average molecular weight is 220 g/mol. The van der Waals surface area contributed by atoms with Crippen molar-refractivity contribution in [2.75, 3.05) is 11.5 Å². The predicted molar refractivity (Wildman–Crippen MR) is 59.6 cm³/mol. The summed E-state index contributed by atoms with van der Waals surface area (Å²) >= 11 is 1.77. The van der Waals surface area contributed by atoms with Gasteiger partial charge in [-0.3, -0.25) is 4.79 Å². The molecule has 0 aliphatic rings. The fourth-order valence-corrected chi connectivity index (χ4v) is 1.87. The van der Waals surface area contributed by atoms with E-state index in [1.807, 2.05) is 0 Å². The normalized spacial score (nSPS) is 17.4. The highest BCUT2D eigenvalue weighted by Gasteiger charge is 2.25. The first-order valence-corrected chi connectivity index (χ1v) is 6.14. The minimum Gasteiger partial charge on any atom is -0.481 e. The van der Waals surface area contributed by atoms with E-state index in [4.69, 9.17) is 5.11 Å². The standard InChI is InChI=1S/C10H20O3S/c1-4-14-6-5-9(11)7(2)8(3)10(12)13/h7-9,11H,4-6H2,1-3H3,(H,12,13). The number of hydrogen-bond donors (Lipinski definition) is 2. The summed E-state index contributed by atoms with van der Waals surface area (Å²) in [7, 11) is 0. The van der Waals surface area contributed by atoms with Gasteiger partial charge < -0.3 is 10.2 Å². The van der Waals surface area contributed by atoms with Crippen LogP contribution < -0.4 is 0 Å². The van der Waals surface area contributed by atoms with Crippen molar-refractivity contribution < 1.29 is 15.0 Å². The molecule has 3 nitrogen and oxygen atoms in total. The summed E-state index contributed by atoms with van der Waals surface area (Å²) < 4.78 is 0. The second kappa shape index (κ2) is 7.12. The third-order valence-electron chi connectivity index (χ3n) is 2.55. The molecule has 0 rings (SSSR count). The Morgan fingerprint density at radius 2 is 2.00 bits per heavy atom. The van der Waals surface area contributed by atoms with Gasteiger partial charge in [0.15, 0.2) is 0 Å². The van der Waals surface area contributed by atoms with E-state index in [0.29, 0.717) is 6.42 Å². The van der Waals surface area contributed by atoms with Gasteiger partial charge in [-0.15, -0.1) is 0 Å². The van der Waals surface area contributed by atoms with Gasteiger partial charge in [0, 0.05) is 0 Å². The lowest BCUT2D eigenvalue weighted by Crippen LogP contribution is -2.29. The van der Waals surface area contributed by atoms with E-state index in [-0.39, 0.29) is 5.92 Å². The van der Waals surface area contributed by atoms with Crippen LogP contribution >= 0.6 is 11.8 Å². The summed E-state index contributed by atoms with van der Waals surface area (Å²) in [6, 6.07) is 0. The Morgan fingerprint density at radius 3 is 2.43 bits per heavy atom. The molecule has 0 bridgehead atoms. The smallest absolute Gasteiger partial charge is 0.306 e. The van der Waals surface area contributed by atoms with E-state index in [9.17, 15) is 9.90 Å². The molecule has 0 aromatic carbocycles. The molecule has 0 aromatic heterocycles. The van der Waals surface area contributed by atoms with Crippen LogP contribution in [0.15, 0.2) is 0 Å². The minimum absolute atomic E-state index is 0.176. The molecule has 0 heterocycles. The second-order valence-electron chi connectivity index (χ2n) is 3.54. The van der Waals surface area contributed by atoms with Crippen LogP contribution in [0.2, 0.25) is 0 Å². The van der Waals surface area contributed by atoms with Crippen LogP contribution in [0.25, 0.3) is 0 Å². The maximum absolute atomic E-state index is 10.7. The molecule has 3 atom stereocenters. The van der Waals surface area contributed by atoms with Crippen molar-refractivity contribution in [3.8, 4) is 0 Å². The summed E-state index contributed by atoms with van der Waals surface area (Å²) in [5.74, 6) is 0.450. The van der Waals surface area contributed by atoms with Crippen LogP contribution in [0.4, 0.5) is 0 Å². The van der Waals surface area contributed by atoms with Crippen molar-refractivity contribution >= 4 is 17.7 Å². The average Bonchev–Trinajstić information content (AvgIpc) is 2.15. The lowest BCUT2D eigenvalue weighted by atomic mass is 9.89. The van der Waals surface area contributed by atoms with Crippen molar-refractivity contribution in [2.45, 2.75) is 33.3 Å².